The molecule has 2 aliphatic heterocycles. The second-order valence-electron chi connectivity index (χ2n) is 18.1. The van der Waals surface area contributed by atoms with E-state index in [1.807, 2.05) is 36.5 Å². The molecule has 0 atom stereocenters. The van der Waals surface area contributed by atoms with Gasteiger partial charge in [0.1, 0.15) is 22.0 Å². The number of pyridine rings is 3. The van der Waals surface area contributed by atoms with Crippen LogP contribution in [0.15, 0.2) is 73.3 Å². The molecule has 0 fully saturated rings. The summed E-state index contributed by atoms with van der Waals surface area (Å²) in [5, 5.41) is 4.90. The highest BCUT2D eigenvalue weighted by Gasteiger charge is 2.42. The first-order valence-electron chi connectivity index (χ1n) is 19.9. The number of hydrogen-bond acceptors (Lipinski definition) is 11. The quantitative estimate of drug-likeness (QED) is 0.123. The SMILES string of the molecule is CC(C)(C)OC(=O)N1Cc2[nH]c3c(ccc4cnc(-c5cccnc5)cc43)c2C1=O.CC(C)(C)OC(=O)N1Cc2c(c3ccc4cnc(Cl)cc4c3n2C(=O)OC(C)(C)C)C1=O. The molecule has 7 heterocycles. The predicted octanol–water partition coefficient (Wildman–Crippen LogP) is 10.2. The van der Waals surface area contributed by atoms with E-state index in [1.165, 1.54) is 4.57 Å². The van der Waals surface area contributed by atoms with Crippen LogP contribution in [-0.2, 0) is 27.3 Å². The van der Waals surface area contributed by atoms with Crippen LogP contribution in [0, 0.1) is 0 Å². The van der Waals surface area contributed by atoms with E-state index in [-0.39, 0.29) is 29.7 Å². The fourth-order valence-electron chi connectivity index (χ4n) is 7.54. The first-order valence-corrected chi connectivity index (χ1v) is 20.2. The van der Waals surface area contributed by atoms with Gasteiger partial charge in [-0.25, -0.2) is 33.7 Å². The zero-order valence-corrected chi connectivity index (χ0v) is 36.4. The van der Waals surface area contributed by atoms with Gasteiger partial charge in [-0.2, -0.15) is 0 Å². The van der Waals surface area contributed by atoms with Crippen LogP contribution in [0.3, 0.4) is 0 Å². The highest BCUT2D eigenvalue weighted by atomic mass is 35.5. The van der Waals surface area contributed by atoms with Gasteiger partial charge in [0.05, 0.1) is 46.6 Å². The topological polar surface area (TPSA) is 179 Å². The molecule has 2 aliphatic rings. The van der Waals surface area contributed by atoms with Gasteiger partial charge in [-0.15, -0.1) is 0 Å². The zero-order chi connectivity index (χ0) is 44.6. The largest absolute Gasteiger partial charge is 0.443 e. The van der Waals surface area contributed by atoms with E-state index in [9.17, 15) is 24.0 Å². The Hall–Kier alpha value is -6.87. The summed E-state index contributed by atoms with van der Waals surface area (Å²) in [5.74, 6) is -0.868. The minimum atomic E-state index is -0.771. The Bertz CT molecular complexity index is 3030. The Morgan fingerprint density at radius 3 is 1.87 bits per heavy atom. The number of nitrogens with one attached hydrogen (secondary N) is 1. The molecule has 7 aromatic rings. The highest BCUT2D eigenvalue weighted by molar-refractivity contribution is 6.31. The van der Waals surface area contributed by atoms with Gasteiger partial charge < -0.3 is 19.2 Å². The van der Waals surface area contributed by atoms with Gasteiger partial charge in [-0.1, -0.05) is 35.9 Å². The van der Waals surface area contributed by atoms with E-state index in [1.54, 1.807) is 99.1 Å². The molecule has 15 nitrogen and oxygen atoms in total. The molecule has 0 unspecified atom stereocenters. The van der Waals surface area contributed by atoms with Crippen molar-refractivity contribution in [2.24, 2.45) is 0 Å². The van der Waals surface area contributed by atoms with Crippen LogP contribution in [0.25, 0.3) is 54.6 Å². The van der Waals surface area contributed by atoms with Gasteiger partial charge in [-0.05, 0) is 86.6 Å². The van der Waals surface area contributed by atoms with Gasteiger partial charge in [0, 0.05) is 68.4 Å². The minimum Gasteiger partial charge on any atom is -0.443 e. The summed E-state index contributed by atoms with van der Waals surface area (Å²) >= 11 is 6.13. The number of aromatic nitrogens is 5. The molecular formula is C46H44ClN7O8. The number of carbonyl (C=O) groups excluding carboxylic acids is 5. The summed E-state index contributed by atoms with van der Waals surface area (Å²) < 4.78 is 17.8. The predicted molar refractivity (Wildman–Crippen MR) is 233 cm³/mol. The Labute approximate surface area is 360 Å². The number of fused-ring (bicyclic) bond motifs is 10. The number of halogens is 1. The van der Waals surface area contributed by atoms with Crippen LogP contribution in [0.4, 0.5) is 14.4 Å². The van der Waals surface area contributed by atoms with Crippen molar-refractivity contribution in [2.75, 3.05) is 0 Å². The maximum Gasteiger partial charge on any atom is 0.419 e. The van der Waals surface area contributed by atoms with E-state index in [0.717, 1.165) is 48.1 Å². The van der Waals surface area contributed by atoms with Crippen molar-refractivity contribution in [3.8, 4) is 11.3 Å². The number of benzene rings is 2. The van der Waals surface area contributed by atoms with E-state index in [4.69, 9.17) is 25.8 Å². The first kappa shape index (κ1) is 41.8. The van der Waals surface area contributed by atoms with E-state index < -0.39 is 41.0 Å². The van der Waals surface area contributed by atoms with Gasteiger partial charge in [-0.3, -0.25) is 19.6 Å². The molecule has 16 heteroatoms. The fourth-order valence-corrected chi connectivity index (χ4v) is 7.70. The summed E-state index contributed by atoms with van der Waals surface area (Å²) in [6.45, 7) is 15.8. The molecule has 0 saturated carbocycles. The molecule has 0 bridgehead atoms. The molecular weight excluding hydrogens is 814 g/mol. The molecule has 0 saturated heterocycles. The molecule has 9 rings (SSSR count). The zero-order valence-electron chi connectivity index (χ0n) is 35.7. The molecule has 318 valence electrons. The summed E-state index contributed by atoms with van der Waals surface area (Å²) in [7, 11) is 0. The number of imide groups is 2. The van der Waals surface area contributed by atoms with Crippen molar-refractivity contribution in [2.45, 2.75) is 92.2 Å². The third-order valence-electron chi connectivity index (χ3n) is 9.95. The number of H-pyrrole nitrogens is 1. The lowest BCUT2D eigenvalue weighted by Crippen LogP contribution is -2.37. The molecule has 0 radical (unpaired) electrons. The number of amides is 4. The van der Waals surface area contributed by atoms with Crippen LogP contribution in [0.5, 0.6) is 0 Å². The average molecular weight is 858 g/mol. The second-order valence-corrected chi connectivity index (χ2v) is 18.5. The Balaban J connectivity index is 0.000000171. The van der Waals surface area contributed by atoms with Crippen molar-refractivity contribution in [1.29, 1.82) is 0 Å². The number of rotatable bonds is 1. The van der Waals surface area contributed by atoms with Crippen LogP contribution in [0.1, 0.15) is 94.4 Å². The number of ether oxygens (including phenoxy) is 3. The molecule has 0 aliphatic carbocycles. The lowest BCUT2D eigenvalue weighted by Gasteiger charge is -2.24. The number of carbonyl (C=O) groups is 5. The Kier molecular flexibility index (Phi) is 10.1. The van der Waals surface area contributed by atoms with Crippen LogP contribution in [0.2, 0.25) is 5.15 Å². The summed E-state index contributed by atoms with van der Waals surface area (Å²) in [5.41, 5.74) is 2.75. The smallest absolute Gasteiger partial charge is 0.419 e. The number of hydrogen-bond donors (Lipinski definition) is 1. The maximum absolute atomic E-state index is 13.3. The van der Waals surface area contributed by atoms with E-state index >= 15 is 0 Å². The molecule has 0 spiro atoms. The van der Waals surface area contributed by atoms with Crippen LogP contribution < -0.4 is 0 Å². The molecule has 62 heavy (non-hydrogen) atoms. The highest BCUT2D eigenvalue weighted by Crippen LogP contribution is 2.39. The van der Waals surface area contributed by atoms with E-state index in [0.29, 0.717) is 33.2 Å². The summed E-state index contributed by atoms with van der Waals surface area (Å²) in [6.07, 6.45) is 4.86. The van der Waals surface area contributed by atoms with Gasteiger partial charge in [0.25, 0.3) is 11.8 Å². The van der Waals surface area contributed by atoms with Gasteiger partial charge in [0.15, 0.2) is 0 Å². The lowest BCUT2D eigenvalue weighted by molar-refractivity contribution is 0.0228. The van der Waals surface area contributed by atoms with Gasteiger partial charge in [0.2, 0.25) is 0 Å². The third-order valence-corrected chi connectivity index (χ3v) is 10.2. The van der Waals surface area contributed by atoms with Crippen LogP contribution >= 0.6 is 11.6 Å². The van der Waals surface area contributed by atoms with E-state index in [2.05, 4.69) is 19.9 Å². The Morgan fingerprint density at radius 2 is 1.24 bits per heavy atom. The lowest BCUT2D eigenvalue weighted by atomic mass is 10.0. The normalized spacial score (nSPS) is 14.0. The average Bonchev–Trinajstić information content (AvgIpc) is 3.91. The summed E-state index contributed by atoms with van der Waals surface area (Å²) in [4.78, 5) is 83.0. The fraction of sp³-hybridized carbons (Fsp3) is 0.304. The van der Waals surface area contributed by atoms with Crippen molar-refractivity contribution in [1.82, 2.24) is 34.3 Å². The summed E-state index contributed by atoms with van der Waals surface area (Å²) in [6, 6.07) is 14.8. The molecule has 4 amide bonds. The van der Waals surface area contributed by atoms with Crippen molar-refractivity contribution in [3.63, 3.8) is 0 Å². The molecule has 1 N–H and O–H groups in total. The first-order chi connectivity index (χ1) is 29.1. The number of aromatic amines is 1. The van der Waals surface area contributed by atoms with Crippen molar-refractivity contribution < 1.29 is 38.2 Å². The third kappa shape index (κ3) is 7.79. The maximum atomic E-state index is 13.3. The standard InChI is InChI=1S/C23H24ClN3O5.C23H20N4O3/c1-22(2,3)31-20(29)26-11-15-17(19(26)28)13-8-7-12-10-25-16(24)9-14(12)18(13)27(15)21(30)32-23(4,5)6;1-23(2,3)30-22(29)27-12-18-19(21(27)28)15-7-6-13-11-25-17(9-16(13)20(15)26-18)14-5-4-8-24-10-14/h7-10H,11H2,1-6H3;4-11,26H,12H2,1-3H3. The number of nitrogens with zero attached hydrogens (tertiary/aromatic N) is 6. The van der Waals surface area contributed by atoms with Crippen molar-refractivity contribution >= 4 is 85.0 Å². The van der Waals surface area contributed by atoms with Gasteiger partial charge >= 0.3 is 18.3 Å². The molecule has 2 aromatic carbocycles. The monoisotopic (exact) mass is 857 g/mol. The minimum absolute atomic E-state index is 0.114. The van der Waals surface area contributed by atoms with Crippen molar-refractivity contribution in [3.05, 3.63) is 101 Å². The van der Waals surface area contributed by atoms with Crippen LogP contribution in [-0.4, -0.2) is 81.2 Å². The Morgan fingerprint density at radius 1 is 0.661 bits per heavy atom. The second kappa shape index (κ2) is 14.9. The molecule has 5 aromatic heterocycles.